The van der Waals surface area contributed by atoms with Gasteiger partial charge in [-0.3, -0.25) is 0 Å². The molecule has 0 aliphatic heterocycles. The zero-order valence-corrected chi connectivity index (χ0v) is 10.7. The summed E-state index contributed by atoms with van der Waals surface area (Å²) in [5.74, 6) is 1.65. The molecule has 0 spiro atoms. The minimum Gasteiger partial charge on any atom is -0.103 e. The van der Waals surface area contributed by atoms with Crippen molar-refractivity contribution in [1.82, 2.24) is 0 Å². The first kappa shape index (κ1) is 14.5. The molecule has 0 heterocycles. The Morgan fingerprint density at radius 2 is 1.73 bits per heavy atom. The van der Waals surface area contributed by atoms with Crippen molar-refractivity contribution in [2.75, 3.05) is 0 Å². The molecular weight excluding hydrogens is 180 g/mol. The van der Waals surface area contributed by atoms with Gasteiger partial charge in [-0.05, 0) is 24.7 Å². The SMILES string of the molecule is C=CCC(C=C)CC1CCCCC1.CC. The fourth-order valence-electron chi connectivity index (χ4n) is 2.35. The van der Waals surface area contributed by atoms with Gasteiger partial charge in [0.1, 0.15) is 0 Å². The number of hydrogen-bond donors (Lipinski definition) is 0. The molecule has 1 aliphatic rings. The fourth-order valence-corrected chi connectivity index (χ4v) is 2.35. The molecule has 0 radical (unpaired) electrons. The third-order valence-corrected chi connectivity index (χ3v) is 3.16. The van der Waals surface area contributed by atoms with Crippen molar-refractivity contribution in [3.63, 3.8) is 0 Å². The van der Waals surface area contributed by atoms with Gasteiger partial charge in [-0.2, -0.15) is 0 Å². The van der Waals surface area contributed by atoms with Crippen LogP contribution < -0.4 is 0 Å². The Balaban J connectivity index is 0.000000921. The van der Waals surface area contributed by atoms with Crippen LogP contribution in [-0.4, -0.2) is 0 Å². The molecule has 0 saturated heterocycles. The van der Waals surface area contributed by atoms with E-state index >= 15 is 0 Å². The lowest BCUT2D eigenvalue weighted by Gasteiger charge is -2.24. The van der Waals surface area contributed by atoms with Crippen LogP contribution in [-0.2, 0) is 0 Å². The van der Waals surface area contributed by atoms with E-state index in [0.717, 1.165) is 12.3 Å². The Hall–Kier alpha value is -0.520. The second-order valence-corrected chi connectivity index (χ2v) is 4.26. The van der Waals surface area contributed by atoms with Crippen LogP contribution in [0.2, 0.25) is 0 Å². The molecule has 1 fully saturated rings. The summed E-state index contributed by atoms with van der Waals surface area (Å²) >= 11 is 0. The summed E-state index contributed by atoms with van der Waals surface area (Å²) < 4.78 is 0. The maximum atomic E-state index is 3.90. The minimum absolute atomic E-state index is 0.681. The highest BCUT2D eigenvalue weighted by molar-refractivity contribution is 4.87. The normalized spacial score (nSPS) is 18.5. The van der Waals surface area contributed by atoms with Crippen LogP contribution in [0.5, 0.6) is 0 Å². The molecule has 1 aliphatic carbocycles. The molecule has 0 amide bonds. The summed E-state index contributed by atoms with van der Waals surface area (Å²) in [4.78, 5) is 0. The molecule has 0 nitrogen and oxygen atoms in total. The molecule has 0 heteroatoms. The van der Waals surface area contributed by atoms with Crippen LogP contribution >= 0.6 is 0 Å². The van der Waals surface area contributed by atoms with E-state index in [9.17, 15) is 0 Å². The van der Waals surface area contributed by atoms with E-state index in [1.165, 1.54) is 38.5 Å². The zero-order valence-electron chi connectivity index (χ0n) is 10.7. The first-order valence-electron chi connectivity index (χ1n) is 6.60. The van der Waals surface area contributed by atoms with Crippen molar-refractivity contribution >= 4 is 0 Å². The Morgan fingerprint density at radius 1 is 1.13 bits per heavy atom. The van der Waals surface area contributed by atoms with Crippen molar-refractivity contribution < 1.29 is 0 Å². The Bertz CT molecular complexity index is 151. The summed E-state index contributed by atoms with van der Waals surface area (Å²) in [5, 5.41) is 0. The molecule has 0 N–H and O–H groups in total. The third-order valence-electron chi connectivity index (χ3n) is 3.16. The van der Waals surface area contributed by atoms with Crippen LogP contribution in [0, 0.1) is 11.8 Å². The van der Waals surface area contributed by atoms with E-state index in [0.29, 0.717) is 5.92 Å². The van der Waals surface area contributed by atoms with Crippen molar-refractivity contribution in [1.29, 1.82) is 0 Å². The molecular formula is C15H28. The van der Waals surface area contributed by atoms with Crippen LogP contribution in [0.3, 0.4) is 0 Å². The van der Waals surface area contributed by atoms with E-state index in [2.05, 4.69) is 19.2 Å². The van der Waals surface area contributed by atoms with E-state index < -0.39 is 0 Å². The third kappa shape index (κ3) is 6.54. The maximum absolute atomic E-state index is 3.90. The molecule has 88 valence electrons. The van der Waals surface area contributed by atoms with Gasteiger partial charge in [-0.1, -0.05) is 58.1 Å². The van der Waals surface area contributed by atoms with Gasteiger partial charge in [-0.15, -0.1) is 13.2 Å². The Labute approximate surface area is 96.5 Å². The lowest BCUT2D eigenvalue weighted by Crippen LogP contribution is -2.10. The van der Waals surface area contributed by atoms with Gasteiger partial charge in [0.15, 0.2) is 0 Å². The van der Waals surface area contributed by atoms with Crippen LogP contribution in [0.15, 0.2) is 25.3 Å². The van der Waals surface area contributed by atoms with Crippen molar-refractivity contribution in [3.8, 4) is 0 Å². The maximum Gasteiger partial charge on any atom is -0.0199 e. The van der Waals surface area contributed by atoms with Gasteiger partial charge in [-0.25, -0.2) is 0 Å². The standard InChI is InChI=1S/C13H22.C2H6/c1-3-8-12(4-2)11-13-9-6-5-7-10-13;1-2/h3-4,12-13H,1-2,5-11H2;1-2H3. The molecule has 1 atom stereocenters. The summed E-state index contributed by atoms with van der Waals surface area (Å²) in [7, 11) is 0. The molecule has 1 rings (SSSR count). The van der Waals surface area contributed by atoms with E-state index in [-0.39, 0.29) is 0 Å². The molecule has 0 bridgehead atoms. The van der Waals surface area contributed by atoms with Gasteiger partial charge in [0, 0.05) is 0 Å². The molecule has 1 saturated carbocycles. The van der Waals surface area contributed by atoms with Crippen LogP contribution in [0.25, 0.3) is 0 Å². The van der Waals surface area contributed by atoms with Crippen molar-refractivity contribution in [2.24, 2.45) is 11.8 Å². The number of rotatable bonds is 5. The largest absolute Gasteiger partial charge is 0.103 e. The average molecular weight is 208 g/mol. The summed E-state index contributed by atoms with van der Waals surface area (Å²) in [6.45, 7) is 11.7. The first-order chi connectivity index (χ1) is 7.36. The predicted molar refractivity (Wildman–Crippen MR) is 71.0 cm³/mol. The second kappa shape index (κ2) is 10.0. The predicted octanol–water partition coefficient (Wildman–Crippen LogP) is 5.36. The zero-order chi connectivity index (χ0) is 11.5. The molecule has 0 aromatic carbocycles. The highest BCUT2D eigenvalue weighted by atomic mass is 14.2. The van der Waals surface area contributed by atoms with Gasteiger partial charge in [0.25, 0.3) is 0 Å². The quantitative estimate of drug-likeness (QED) is 0.533. The van der Waals surface area contributed by atoms with E-state index in [4.69, 9.17) is 0 Å². The summed E-state index contributed by atoms with van der Waals surface area (Å²) in [6, 6.07) is 0. The number of allylic oxidation sites excluding steroid dienone is 2. The smallest absolute Gasteiger partial charge is 0.0199 e. The highest BCUT2D eigenvalue weighted by Crippen LogP contribution is 2.30. The Morgan fingerprint density at radius 3 is 2.20 bits per heavy atom. The minimum atomic E-state index is 0.681. The molecule has 1 unspecified atom stereocenters. The van der Waals surface area contributed by atoms with Crippen molar-refractivity contribution in [2.45, 2.75) is 58.8 Å². The monoisotopic (exact) mass is 208 g/mol. The molecule has 0 aromatic rings. The van der Waals surface area contributed by atoms with Crippen LogP contribution in [0.4, 0.5) is 0 Å². The highest BCUT2D eigenvalue weighted by Gasteiger charge is 2.16. The Kier molecular flexibility index (Phi) is 9.67. The summed E-state index contributed by atoms with van der Waals surface area (Å²) in [5.41, 5.74) is 0. The van der Waals surface area contributed by atoms with Gasteiger partial charge < -0.3 is 0 Å². The van der Waals surface area contributed by atoms with Gasteiger partial charge >= 0.3 is 0 Å². The van der Waals surface area contributed by atoms with E-state index in [1.807, 2.05) is 19.9 Å². The lowest BCUT2D eigenvalue weighted by molar-refractivity contribution is 0.309. The molecule has 15 heavy (non-hydrogen) atoms. The van der Waals surface area contributed by atoms with Crippen molar-refractivity contribution in [3.05, 3.63) is 25.3 Å². The van der Waals surface area contributed by atoms with E-state index in [1.54, 1.807) is 0 Å². The van der Waals surface area contributed by atoms with Gasteiger partial charge in [0.05, 0.1) is 0 Å². The van der Waals surface area contributed by atoms with Crippen LogP contribution in [0.1, 0.15) is 58.8 Å². The summed E-state index contributed by atoms with van der Waals surface area (Å²) in [6.07, 6.45) is 13.8. The fraction of sp³-hybridized carbons (Fsp3) is 0.733. The van der Waals surface area contributed by atoms with Gasteiger partial charge in [0.2, 0.25) is 0 Å². The topological polar surface area (TPSA) is 0 Å². The lowest BCUT2D eigenvalue weighted by atomic mass is 9.82. The average Bonchev–Trinajstić information content (AvgIpc) is 2.32. The first-order valence-corrected chi connectivity index (χ1v) is 6.60. The number of hydrogen-bond acceptors (Lipinski definition) is 0. The molecule has 0 aromatic heterocycles. The second-order valence-electron chi connectivity index (χ2n) is 4.26.